The van der Waals surface area contributed by atoms with Gasteiger partial charge in [0.25, 0.3) is 0 Å². The molecule has 17 heavy (non-hydrogen) atoms. The SMILES string of the molecule is CN(C(=O)C1C[C@H](O)CN1)c1ccc(F)cc1. The minimum absolute atomic E-state index is 0.117. The summed E-state index contributed by atoms with van der Waals surface area (Å²) in [7, 11) is 1.64. The smallest absolute Gasteiger partial charge is 0.243 e. The Labute approximate surface area is 99.0 Å². The Kier molecular flexibility index (Phi) is 3.40. The van der Waals surface area contributed by atoms with E-state index < -0.39 is 6.10 Å². The summed E-state index contributed by atoms with van der Waals surface area (Å²) in [5.74, 6) is -0.447. The Morgan fingerprint density at radius 1 is 1.47 bits per heavy atom. The first-order chi connectivity index (χ1) is 8.08. The van der Waals surface area contributed by atoms with E-state index >= 15 is 0 Å². The Bertz CT molecular complexity index is 407. The summed E-state index contributed by atoms with van der Waals surface area (Å²) in [6, 6.07) is 5.38. The van der Waals surface area contributed by atoms with Crippen molar-refractivity contribution >= 4 is 11.6 Å². The molecule has 0 aliphatic carbocycles. The van der Waals surface area contributed by atoms with Gasteiger partial charge in [-0.3, -0.25) is 4.79 Å². The van der Waals surface area contributed by atoms with Crippen LogP contribution in [0.15, 0.2) is 24.3 Å². The van der Waals surface area contributed by atoms with Crippen molar-refractivity contribution in [3.63, 3.8) is 0 Å². The third-order valence-electron chi connectivity index (χ3n) is 2.95. The molecule has 2 rings (SSSR count). The van der Waals surface area contributed by atoms with Gasteiger partial charge in [-0.05, 0) is 30.7 Å². The second-order valence-electron chi connectivity index (χ2n) is 4.22. The molecule has 0 bridgehead atoms. The van der Waals surface area contributed by atoms with Crippen molar-refractivity contribution in [3.05, 3.63) is 30.1 Å². The maximum absolute atomic E-state index is 12.8. The second-order valence-corrected chi connectivity index (χ2v) is 4.22. The Morgan fingerprint density at radius 2 is 2.12 bits per heavy atom. The van der Waals surface area contributed by atoms with Crippen molar-refractivity contribution in [1.82, 2.24) is 5.32 Å². The number of benzene rings is 1. The van der Waals surface area contributed by atoms with Crippen LogP contribution in [0, 0.1) is 5.82 Å². The lowest BCUT2D eigenvalue weighted by atomic mass is 10.1. The first-order valence-electron chi connectivity index (χ1n) is 5.52. The van der Waals surface area contributed by atoms with Crippen LogP contribution in [-0.4, -0.2) is 36.8 Å². The van der Waals surface area contributed by atoms with Crippen LogP contribution < -0.4 is 10.2 Å². The zero-order valence-corrected chi connectivity index (χ0v) is 9.56. The maximum atomic E-state index is 12.8. The second kappa shape index (κ2) is 4.81. The molecule has 1 aliphatic rings. The number of hydrogen-bond acceptors (Lipinski definition) is 3. The van der Waals surface area contributed by atoms with Crippen molar-refractivity contribution in [3.8, 4) is 0 Å². The van der Waals surface area contributed by atoms with Crippen LogP contribution in [0.1, 0.15) is 6.42 Å². The molecule has 0 spiro atoms. The molecule has 1 aliphatic heterocycles. The highest BCUT2D eigenvalue weighted by Crippen LogP contribution is 2.16. The number of likely N-dealkylation sites (N-methyl/N-ethyl adjacent to an activating group) is 1. The number of hydrogen-bond donors (Lipinski definition) is 2. The third-order valence-corrected chi connectivity index (χ3v) is 2.95. The molecule has 0 saturated carbocycles. The van der Waals surface area contributed by atoms with Gasteiger partial charge in [0.1, 0.15) is 5.82 Å². The van der Waals surface area contributed by atoms with Crippen LogP contribution in [0.3, 0.4) is 0 Å². The number of β-amino-alcohol motifs (C(OH)–C–C–N with tert-alkyl or cyclic N) is 1. The summed E-state index contributed by atoms with van der Waals surface area (Å²) < 4.78 is 12.8. The van der Waals surface area contributed by atoms with Gasteiger partial charge in [-0.1, -0.05) is 0 Å². The summed E-state index contributed by atoms with van der Waals surface area (Å²) in [4.78, 5) is 13.5. The quantitative estimate of drug-likeness (QED) is 0.789. The van der Waals surface area contributed by atoms with Crippen molar-refractivity contribution in [2.24, 2.45) is 0 Å². The molecule has 2 N–H and O–H groups in total. The highest BCUT2D eigenvalue weighted by Gasteiger charge is 2.30. The Hall–Kier alpha value is -1.46. The van der Waals surface area contributed by atoms with E-state index in [0.29, 0.717) is 18.7 Å². The number of amides is 1. The summed E-state index contributed by atoms with van der Waals surface area (Å²) in [6.45, 7) is 0.438. The van der Waals surface area contributed by atoms with E-state index in [1.54, 1.807) is 19.2 Å². The summed E-state index contributed by atoms with van der Waals surface area (Å²) in [5.41, 5.74) is 0.639. The number of aliphatic hydroxyl groups excluding tert-OH is 1. The predicted octanol–water partition coefficient (Wildman–Crippen LogP) is 0.511. The molecule has 1 fully saturated rings. The molecule has 1 unspecified atom stereocenters. The number of aliphatic hydroxyl groups is 1. The predicted molar refractivity (Wildman–Crippen MR) is 62.2 cm³/mol. The van der Waals surface area contributed by atoms with Crippen molar-refractivity contribution < 1.29 is 14.3 Å². The molecule has 1 saturated heterocycles. The Balaban J connectivity index is 2.06. The van der Waals surface area contributed by atoms with Gasteiger partial charge in [0.15, 0.2) is 0 Å². The normalized spacial score (nSPS) is 23.7. The average Bonchev–Trinajstić information content (AvgIpc) is 2.75. The van der Waals surface area contributed by atoms with E-state index in [-0.39, 0.29) is 17.8 Å². The molecule has 5 heteroatoms. The van der Waals surface area contributed by atoms with Crippen LogP contribution >= 0.6 is 0 Å². The molecule has 0 radical (unpaired) electrons. The molecule has 1 amide bonds. The minimum Gasteiger partial charge on any atom is -0.392 e. The van der Waals surface area contributed by atoms with Gasteiger partial charge >= 0.3 is 0 Å². The van der Waals surface area contributed by atoms with E-state index in [2.05, 4.69) is 5.32 Å². The van der Waals surface area contributed by atoms with E-state index in [4.69, 9.17) is 0 Å². The topological polar surface area (TPSA) is 52.6 Å². The van der Waals surface area contributed by atoms with E-state index in [9.17, 15) is 14.3 Å². The highest BCUT2D eigenvalue weighted by atomic mass is 19.1. The number of nitrogens with zero attached hydrogens (tertiary/aromatic N) is 1. The fraction of sp³-hybridized carbons (Fsp3) is 0.417. The molecule has 4 nitrogen and oxygen atoms in total. The highest BCUT2D eigenvalue weighted by molar-refractivity contribution is 5.96. The van der Waals surface area contributed by atoms with Gasteiger partial charge in [0.05, 0.1) is 12.1 Å². The molecule has 1 heterocycles. The van der Waals surface area contributed by atoms with Gasteiger partial charge in [-0.2, -0.15) is 0 Å². The van der Waals surface area contributed by atoms with E-state index in [1.807, 2.05) is 0 Å². The van der Waals surface area contributed by atoms with Crippen LogP contribution in [0.5, 0.6) is 0 Å². The maximum Gasteiger partial charge on any atom is 0.243 e. The largest absolute Gasteiger partial charge is 0.392 e. The number of carbonyl (C=O) groups is 1. The fourth-order valence-electron chi connectivity index (χ4n) is 1.93. The standard InChI is InChI=1S/C12H15FN2O2/c1-15(9-4-2-8(13)3-5-9)12(17)11-6-10(16)7-14-11/h2-5,10-11,14,16H,6-7H2,1H3/t10-,11?/m0/s1. The fourth-order valence-corrected chi connectivity index (χ4v) is 1.93. The van der Waals surface area contributed by atoms with Crippen LogP contribution in [0.25, 0.3) is 0 Å². The lowest BCUT2D eigenvalue weighted by Crippen LogP contribution is -2.41. The summed E-state index contributed by atoms with van der Waals surface area (Å²) >= 11 is 0. The number of anilines is 1. The summed E-state index contributed by atoms with van der Waals surface area (Å²) in [6.07, 6.45) is -0.0461. The van der Waals surface area contributed by atoms with Crippen molar-refractivity contribution in [2.75, 3.05) is 18.5 Å². The molecule has 2 atom stereocenters. The lowest BCUT2D eigenvalue weighted by molar-refractivity contribution is -0.120. The van der Waals surface area contributed by atoms with E-state index in [0.717, 1.165) is 0 Å². The van der Waals surface area contributed by atoms with E-state index in [1.165, 1.54) is 17.0 Å². The first kappa shape index (κ1) is 12.0. The van der Waals surface area contributed by atoms with Crippen molar-refractivity contribution in [2.45, 2.75) is 18.6 Å². The molecule has 92 valence electrons. The molecule has 1 aromatic rings. The number of halogens is 1. The van der Waals surface area contributed by atoms with Crippen LogP contribution in [0.4, 0.5) is 10.1 Å². The summed E-state index contributed by atoms with van der Waals surface area (Å²) in [5, 5.41) is 12.3. The monoisotopic (exact) mass is 238 g/mol. The van der Waals surface area contributed by atoms with Crippen LogP contribution in [-0.2, 0) is 4.79 Å². The van der Waals surface area contributed by atoms with Gasteiger partial charge in [-0.15, -0.1) is 0 Å². The number of nitrogens with one attached hydrogen (secondary N) is 1. The molecule has 1 aromatic carbocycles. The van der Waals surface area contributed by atoms with Gasteiger partial charge in [0.2, 0.25) is 5.91 Å². The first-order valence-corrected chi connectivity index (χ1v) is 5.52. The van der Waals surface area contributed by atoms with Gasteiger partial charge in [-0.25, -0.2) is 4.39 Å². The zero-order valence-electron chi connectivity index (χ0n) is 9.56. The minimum atomic E-state index is -0.467. The zero-order chi connectivity index (χ0) is 12.4. The third kappa shape index (κ3) is 2.62. The van der Waals surface area contributed by atoms with Gasteiger partial charge in [0, 0.05) is 19.3 Å². The molecular weight excluding hydrogens is 223 g/mol. The average molecular weight is 238 g/mol. The van der Waals surface area contributed by atoms with Crippen LogP contribution in [0.2, 0.25) is 0 Å². The van der Waals surface area contributed by atoms with Crippen molar-refractivity contribution in [1.29, 1.82) is 0 Å². The van der Waals surface area contributed by atoms with Gasteiger partial charge < -0.3 is 15.3 Å². The molecular formula is C12H15FN2O2. The Morgan fingerprint density at radius 3 is 2.65 bits per heavy atom. The number of carbonyl (C=O) groups excluding carboxylic acids is 1. The lowest BCUT2D eigenvalue weighted by Gasteiger charge is -2.21. The number of rotatable bonds is 2. The molecule has 0 aromatic heterocycles.